The summed E-state index contributed by atoms with van der Waals surface area (Å²) in [5.74, 6) is -0.375. The number of amides is 1. The summed E-state index contributed by atoms with van der Waals surface area (Å²) in [6.45, 7) is 3.70. The molecule has 136 valence electrons. The van der Waals surface area contributed by atoms with Crippen LogP contribution in [0.4, 0.5) is 5.69 Å². The van der Waals surface area contributed by atoms with Crippen LogP contribution in [-0.4, -0.2) is 22.0 Å². The van der Waals surface area contributed by atoms with Crippen LogP contribution in [0.5, 0.6) is 5.75 Å². The number of aromatic hydroxyl groups is 1. The van der Waals surface area contributed by atoms with Gasteiger partial charge in [0.2, 0.25) is 0 Å². The Hall–Kier alpha value is -3.38. The Morgan fingerprint density at radius 3 is 2.56 bits per heavy atom. The molecule has 6 heteroatoms. The summed E-state index contributed by atoms with van der Waals surface area (Å²) in [6, 6.07) is 14.3. The lowest BCUT2D eigenvalue weighted by Crippen LogP contribution is -2.36. The molecule has 27 heavy (non-hydrogen) atoms. The summed E-state index contributed by atoms with van der Waals surface area (Å²) in [5, 5.41) is 12.7. The Bertz CT molecular complexity index is 1130. The molecule has 1 atom stereocenters. The maximum absolute atomic E-state index is 12.9. The summed E-state index contributed by atoms with van der Waals surface area (Å²) >= 11 is 0. The van der Waals surface area contributed by atoms with E-state index in [2.05, 4.69) is 10.4 Å². The summed E-state index contributed by atoms with van der Waals surface area (Å²) in [7, 11) is 0. The van der Waals surface area contributed by atoms with Crippen LogP contribution in [0.1, 0.15) is 18.1 Å². The highest BCUT2D eigenvalue weighted by atomic mass is 16.3. The molecule has 6 nitrogen and oxygen atoms in total. The fraction of sp³-hybridized carbons (Fsp3) is 0.143. The second-order valence-corrected chi connectivity index (χ2v) is 6.64. The van der Waals surface area contributed by atoms with Crippen molar-refractivity contribution in [3.63, 3.8) is 0 Å². The number of carbonyl (C=O) groups excluding carboxylic acids is 1. The number of aromatic amines is 1. The minimum absolute atomic E-state index is 0.0833. The highest BCUT2D eigenvalue weighted by molar-refractivity contribution is 6.11. The van der Waals surface area contributed by atoms with Gasteiger partial charge in [-0.3, -0.25) is 9.59 Å². The number of hydrogen-bond acceptors (Lipinski definition) is 4. The van der Waals surface area contributed by atoms with Crippen LogP contribution in [0.15, 0.2) is 58.9 Å². The third kappa shape index (κ3) is 2.80. The van der Waals surface area contributed by atoms with Crippen molar-refractivity contribution in [2.24, 2.45) is 0 Å². The van der Waals surface area contributed by atoms with Gasteiger partial charge in [-0.05, 0) is 43.7 Å². The molecule has 3 aromatic rings. The number of anilines is 1. The Kier molecular flexibility index (Phi) is 4.05. The van der Waals surface area contributed by atoms with Crippen LogP contribution in [-0.2, 0) is 4.79 Å². The molecule has 0 saturated carbocycles. The van der Waals surface area contributed by atoms with E-state index in [9.17, 15) is 14.7 Å². The number of H-pyrrole nitrogens is 1. The molecule has 1 unspecified atom stereocenters. The number of nitrogens with zero attached hydrogens (tertiary/aromatic N) is 1. The number of para-hydroxylation sites is 2. The van der Waals surface area contributed by atoms with Crippen LogP contribution >= 0.6 is 0 Å². The molecule has 1 aliphatic rings. The summed E-state index contributed by atoms with van der Waals surface area (Å²) in [4.78, 5) is 28.2. The quantitative estimate of drug-likeness (QED) is 0.613. The molecule has 2 heterocycles. The molecule has 3 N–H and O–H groups in total. The molecule has 0 bridgehead atoms. The molecular formula is C21H19N3O3. The lowest BCUT2D eigenvalue weighted by atomic mass is 10.0. The van der Waals surface area contributed by atoms with E-state index in [1.165, 1.54) is 11.1 Å². The standard InChI is InChI=1S/C21H19N3O3/c1-12-7-6-10-15-18(12)22-20(26)17(19(15)25)11-16-13(2)23-24(21(16)27)14-8-4-3-5-9-14/h3-11,13,23H,1-2H3,(H2,22,25,26)/b16-11+. The van der Waals surface area contributed by atoms with Crippen molar-refractivity contribution in [1.29, 1.82) is 0 Å². The Morgan fingerprint density at radius 1 is 1.07 bits per heavy atom. The van der Waals surface area contributed by atoms with E-state index in [1.54, 1.807) is 6.07 Å². The van der Waals surface area contributed by atoms with E-state index in [-0.39, 0.29) is 23.3 Å². The van der Waals surface area contributed by atoms with Crippen LogP contribution < -0.4 is 16.0 Å². The second kappa shape index (κ2) is 6.41. The Labute approximate surface area is 155 Å². The number of pyridine rings is 1. The predicted molar refractivity (Wildman–Crippen MR) is 105 cm³/mol. The van der Waals surface area contributed by atoms with Gasteiger partial charge in [-0.2, -0.15) is 0 Å². The molecule has 1 saturated heterocycles. The monoisotopic (exact) mass is 361 g/mol. The first kappa shape index (κ1) is 17.1. The van der Waals surface area contributed by atoms with Gasteiger partial charge in [-0.1, -0.05) is 30.3 Å². The third-order valence-electron chi connectivity index (χ3n) is 4.82. The number of rotatable bonds is 2. The van der Waals surface area contributed by atoms with Gasteiger partial charge in [-0.15, -0.1) is 0 Å². The van der Waals surface area contributed by atoms with E-state index in [4.69, 9.17) is 0 Å². The molecule has 1 amide bonds. The molecule has 2 aromatic carbocycles. The van der Waals surface area contributed by atoms with Gasteiger partial charge < -0.3 is 10.1 Å². The highest BCUT2D eigenvalue weighted by Gasteiger charge is 2.33. The number of fused-ring (bicyclic) bond motifs is 1. The van der Waals surface area contributed by atoms with Gasteiger partial charge in [-0.25, -0.2) is 10.4 Å². The van der Waals surface area contributed by atoms with Crippen molar-refractivity contribution >= 4 is 28.6 Å². The molecule has 1 aromatic heterocycles. The van der Waals surface area contributed by atoms with E-state index in [0.717, 1.165) is 5.56 Å². The van der Waals surface area contributed by atoms with Crippen molar-refractivity contribution in [2.75, 3.05) is 5.01 Å². The molecular weight excluding hydrogens is 342 g/mol. The average molecular weight is 361 g/mol. The van der Waals surface area contributed by atoms with E-state index in [1.807, 2.05) is 56.3 Å². The maximum Gasteiger partial charge on any atom is 0.270 e. The first-order valence-electron chi connectivity index (χ1n) is 8.69. The van der Waals surface area contributed by atoms with Crippen molar-refractivity contribution < 1.29 is 9.90 Å². The van der Waals surface area contributed by atoms with Crippen LogP contribution in [0.3, 0.4) is 0 Å². The molecule has 1 fully saturated rings. The second-order valence-electron chi connectivity index (χ2n) is 6.64. The third-order valence-corrected chi connectivity index (χ3v) is 4.82. The van der Waals surface area contributed by atoms with Crippen molar-refractivity contribution in [3.05, 3.63) is 75.6 Å². The fourth-order valence-electron chi connectivity index (χ4n) is 3.35. The zero-order valence-electron chi connectivity index (χ0n) is 15.0. The van der Waals surface area contributed by atoms with E-state index < -0.39 is 5.56 Å². The summed E-state index contributed by atoms with van der Waals surface area (Å²) in [6.07, 6.45) is 1.47. The number of aromatic nitrogens is 1. The largest absolute Gasteiger partial charge is 0.506 e. The fourth-order valence-corrected chi connectivity index (χ4v) is 3.35. The predicted octanol–water partition coefficient (Wildman–Crippen LogP) is 2.87. The summed E-state index contributed by atoms with van der Waals surface area (Å²) < 4.78 is 0. The number of nitrogens with one attached hydrogen (secondary N) is 2. The van der Waals surface area contributed by atoms with Gasteiger partial charge in [0, 0.05) is 11.0 Å². The lowest BCUT2D eigenvalue weighted by molar-refractivity contribution is -0.114. The van der Waals surface area contributed by atoms with Crippen LogP contribution in [0, 0.1) is 6.92 Å². The lowest BCUT2D eigenvalue weighted by Gasteiger charge is -2.15. The molecule has 1 aliphatic heterocycles. The van der Waals surface area contributed by atoms with Crippen molar-refractivity contribution in [2.45, 2.75) is 19.9 Å². The van der Waals surface area contributed by atoms with Gasteiger partial charge >= 0.3 is 0 Å². The zero-order valence-corrected chi connectivity index (χ0v) is 15.0. The minimum Gasteiger partial charge on any atom is -0.506 e. The van der Waals surface area contributed by atoms with Crippen LogP contribution in [0.2, 0.25) is 0 Å². The number of hydrogen-bond donors (Lipinski definition) is 3. The number of aryl methyl sites for hydroxylation is 1. The minimum atomic E-state index is -0.431. The summed E-state index contributed by atoms with van der Waals surface area (Å²) in [5.41, 5.74) is 5.33. The Balaban J connectivity index is 1.82. The smallest absolute Gasteiger partial charge is 0.270 e. The van der Waals surface area contributed by atoms with Gasteiger partial charge in [0.1, 0.15) is 5.75 Å². The number of hydrazine groups is 1. The van der Waals surface area contributed by atoms with Crippen molar-refractivity contribution in [3.8, 4) is 5.75 Å². The van der Waals surface area contributed by atoms with Gasteiger partial charge in [0.15, 0.2) is 0 Å². The number of benzene rings is 2. The molecule has 0 aliphatic carbocycles. The topological polar surface area (TPSA) is 85.4 Å². The van der Waals surface area contributed by atoms with E-state index >= 15 is 0 Å². The first-order valence-corrected chi connectivity index (χ1v) is 8.69. The number of carbonyl (C=O) groups is 1. The SMILES string of the molecule is Cc1cccc2c(O)c(/C=C3/C(=O)N(c4ccccc4)NC3C)c(=O)[nH]c12. The van der Waals surface area contributed by atoms with E-state index in [0.29, 0.717) is 22.2 Å². The average Bonchev–Trinajstić information content (AvgIpc) is 2.94. The molecule has 0 spiro atoms. The molecule has 0 radical (unpaired) electrons. The van der Waals surface area contributed by atoms with Gasteiger partial charge in [0.05, 0.1) is 22.8 Å². The zero-order chi connectivity index (χ0) is 19.1. The highest BCUT2D eigenvalue weighted by Crippen LogP contribution is 2.30. The van der Waals surface area contributed by atoms with Crippen LogP contribution in [0.25, 0.3) is 17.0 Å². The Morgan fingerprint density at radius 2 is 1.81 bits per heavy atom. The van der Waals surface area contributed by atoms with Gasteiger partial charge in [0.25, 0.3) is 11.5 Å². The maximum atomic E-state index is 12.9. The first-order chi connectivity index (χ1) is 13.0. The normalized spacial score (nSPS) is 18.6. The van der Waals surface area contributed by atoms with Crippen molar-refractivity contribution in [1.82, 2.24) is 10.4 Å². The molecule has 4 rings (SSSR count).